The Labute approximate surface area is 257 Å². The molecular weight excluding hydrogens is 557 g/mol. The van der Waals surface area contributed by atoms with Crippen LogP contribution < -0.4 is 0 Å². The Kier molecular flexibility index (Phi) is 5.68. The van der Waals surface area contributed by atoms with E-state index in [4.69, 9.17) is 4.42 Å². The topological polar surface area (TPSA) is 38.9 Å². The van der Waals surface area contributed by atoms with Crippen molar-refractivity contribution in [1.29, 1.82) is 0 Å². The number of fused-ring (bicyclic) bond motifs is 6. The number of aromatic nitrogens is 2. The fourth-order valence-electron chi connectivity index (χ4n) is 6.25. The lowest BCUT2D eigenvalue weighted by Gasteiger charge is -2.08. The van der Waals surface area contributed by atoms with E-state index in [1.807, 2.05) is 23.5 Å². The van der Waals surface area contributed by atoms with Gasteiger partial charge >= 0.3 is 0 Å². The van der Waals surface area contributed by atoms with Crippen LogP contribution in [0.3, 0.4) is 0 Å². The van der Waals surface area contributed by atoms with Gasteiger partial charge < -0.3 is 4.42 Å². The lowest BCUT2D eigenvalue weighted by molar-refractivity contribution is 0.667. The molecule has 0 saturated heterocycles. The fourth-order valence-corrected chi connectivity index (χ4v) is 7.49. The molecule has 0 saturated carbocycles. The average molecular weight is 581 g/mol. The number of hydrogen-bond donors (Lipinski definition) is 0. The van der Waals surface area contributed by atoms with Crippen LogP contribution in [-0.2, 0) is 0 Å². The van der Waals surface area contributed by atoms with E-state index in [0.717, 1.165) is 44.4 Å². The van der Waals surface area contributed by atoms with Crippen LogP contribution >= 0.6 is 11.3 Å². The molecule has 0 aliphatic heterocycles. The van der Waals surface area contributed by atoms with Gasteiger partial charge in [-0.3, -0.25) is 0 Å². The van der Waals surface area contributed by atoms with Crippen LogP contribution in [0.2, 0.25) is 0 Å². The molecule has 0 atom stereocenters. The summed E-state index contributed by atoms with van der Waals surface area (Å²) < 4.78 is 8.99. The van der Waals surface area contributed by atoms with Crippen molar-refractivity contribution in [1.82, 2.24) is 9.97 Å². The van der Waals surface area contributed by atoms with Gasteiger partial charge in [-0.1, -0.05) is 115 Å². The van der Waals surface area contributed by atoms with Crippen LogP contribution in [0.1, 0.15) is 0 Å². The van der Waals surface area contributed by atoms with Crippen LogP contribution in [0.15, 0.2) is 150 Å². The SMILES string of the molecule is c1ccc(-c2ccc3oc4c(-c5ccc(-c6cccc(-c7cccc8c7sc7ccccc78)c6)cc5)ncnc4c3c2)cc1. The summed E-state index contributed by atoms with van der Waals surface area (Å²) in [6.07, 6.45) is 1.63. The summed E-state index contributed by atoms with van der Waals surface area (Å²) in [7, 11) is 0. The van der Waals surface area contributed by atoms with Crippen LogP contribution in [0.25, 0.3) is 86.9 Å². The van der Waals surface area contributed by atoms with Crippen molar-refractivity contribution in [3.63, 3.8) is 0 Å². The van der Waals surface area contributed by atoms with Gasteiger partial charge in [0.1, 0.15) is 23.1 Å². The first kappa shape index (κ1) is 25.0. The van der Waals surface area contributed by atoms with Crippen molar-refractivity contribution < 1.29 is 4.42 Å². The van der Waals surface area contributed by atoms with Gasteiger partial charge in [0.05, 0.1) is 0 Å². The molecule has 0 aliphatic carbocycles. The first-order valence-corrected chi connectivity index (χ1v) is 15.5. The molecule has 0 N–H and O–H groups in total. The molecule has 0 aliphatic rings. The molecule has 206 valence electrons. The van der Waals surface area contributed by atoms with Crippen molar-refractivity contribution in [2.45, 2.75) is 0 Å². The number of rotatable bonds is 4. The van der Waals surface area contributed by atoms with E-state index in [-0.39, 0.29) is 0 Å². The molecule has 3 aromatic heterocycles. The minimum atomic E-state index is 0.707. The molecule has 0 bridgehead atoms. The minimum absolute atomic E-state index is 0.707. The summed E-state index contributed by atoms with van der Waals surface area (Å²) in [6.45, 7) is 0. The third-order valence-corrected chi connectivity index (χ3v) is 9.65. The minimum Gasteiger partial charge on any atom is -0.452 e. The van der Waals surface area contributed by atoms with Crippen LogP contribution in [0.4, 0.5) is 0 Å². The highest BCUT2D eigenvalue weighted by Crippen LogP contribution is 2.41. The number of benzene rings is 6. The summed E-state index contributed by atoms with van der Waals surface area (Å²) in [5.41, 5.74) is 11.3. The average Bonchev–Trinajstić information content (AvgIpc) is 3.67. The molecule has 3 heterocycles. The van der Waals surface area contributed by atoms with Crippen molar-refractivity contribution in [3.05, 3.63) is 146 Å². The Bertz CT molecular complexity index is 2490. The molecule has 6 aromatic carbocycles. The lowest BCUT2D eigenvalue weighted by Crippen LogP contribution is -1.87. The van der Waals surface area contributed by atoms with Gasteiger partial charge in [-0.2, -0.15) is 0 Å². The number of hydrogen-bond acceptors (Lipinski definition) is 4. The monoisotopic (exact) mass is 580 g/mol. The molecule has 9 rings (SSSR count). The maximum Gasteiger partial charge on any atom is 0.180 e. The molecule has 9 aromatic rings. The molecule has 3 nitrogen and oxygen atoms in total. The lowest BCUT2D eigenvalue weighted by atomic mass is 9.97. The van der Waals surface area contributed by atoms with Crippen LogP contribution in [0.5, 0.6) is 0 Å². The molecule has 0 unspecified atom stereocenters. The molecule has 0 radical (unpaired) electrons. The normalized spacial score (nSPS) is 11.6. The zero-order valence-electron chi connectivity index (χ0n) is 23.6. The van der Waals surface area contributed by atoms with E-state index in [1.165, 1.54) is 36.9 Å². The Morgan fingerprint density at radius 2 is 1.16 bits per heavy atom. The Morgan fingerprint density at radius 3 is 2.07 bits per heavy atom. The highest BCUT2D eigenvalue weighted by molar-refractivity contribution is 7.26. The largest absolute Gasteiger partial charge is 0.452 e. The van der Waals surface area contributed by atoms with E-state index < -0.39 is 0 Å². The molecule has 44 heavy (non-hydrogen) atoms. The first-order chi connectivity index (χ1) is 21.8. The molecule has 0 spiro atoms. The maximum absolute atomic E-state index is 6.34. The smallest absolute Gasteiger partial charge is 0.180 e. The van der Waals surface area contributed by atoms with E-state index in [1.54, 1.807) is 6.33 Å². The summed E-state index contributed by atoms with van der Waals surface area (Å²) in [5.74, 6) is 0. The van der Waals surface area contributed by atoms with Gasteiger partial charge in [0, 0.05) is 31.1 Å². The molecular formula is C40H24N2OS. The van der Waals surface area contributed by atoms with Gasteiger partial charge in [0.15, 0.2) is 5.58 Å². The summed E-state index contributed by atoms with van der Waals surface area (Å²) in [5, 5.41) is 3.63. The van der Waals surface area contributed by atoms with Crippen molar-refractivity contribution in [2.75, 3.05) is 0 Å². The summed E-state index contributed by atoms with van der Waals surface area (Å²) in [6, 6.07) is 49.3. The molecule has 0 fully saturated rings. The Balaban J connectivity index is 1.09. The van der Waals surface area contributed by atoms with Crippen molar-refractivity contribution >= 4 is 53.6 Å². The quantitative estimate of drug-likeness (QED) is 0.208. The predicted molar refractivity (Wildman–Crippen MR) is 184 cm³/mol. The second-order valence-electron chi connectivity index (χ2n) is 11.0. The van der Waals surface area contributed by atoms with E-state index >= 15 is 0 Å². The molecule has 4 heteroatoms. The van der Waals surface area contributed by atoms with Crippen LogP contribution in [0, 0.1) is 0 Å². The zero-order valence-corrected chi connectivity index (χ0v) is 24.4. The summed E-state index contributed by atoms with van der Waals surface area (Å²) >= 11 is 1.87. The Morgan fingerprint density at radius 1 is 0.477 bits per heavy atom. The van der Waals surface area contributed by atoms with E-state index in [2.05, 4.69) is 137 Å². The van der Waals surface area contributed by atoms with Crippen LogP contribution in [-0.4, -0.2) is 9.97 Å². The highest BCUT2D eigenvalue weighted by atomic mass is 32.1. The summed E-state index contributed by atoms with van der Waals surface area (Å²) in [4.78, 5) is 9.28. The van der Waals surface area contributed by atoms with E-state index in [9.17, 15) is 0 Å². The predicted octanol–water partition coefficient (Wildman–Crippen LogP) is 11.4. The highest BCUT2D eigenvalue weighted by Gasteiger charge is 2.16. The third kappa shape index (κ3) is 4.03. The van der Waals surface area contributed by atoms with Gasteiger partial charge in [-0.25, -0.2) is 9.97 Å². The van der Waals surface area contributed by atoms with Crippen molar-refractivity contribution in [2.24, 2.45) is 0 Å². The number of furan rings is 1. The second-order valence-corrected chi connectivity index (χ2v) is 12.1. The molecule has 0 amide bonds. The fraction of sp³-hybridized carbons (Fsp3) is 0. The zero-order chi connectivity index (χ0) is 29.0. The number of nitrogens with zero attached hydrogens (tertiary/aromatic N) is 2. The van der Waals surface area contributed by atoms with Gasteiger partial charge in [-0.15, -0.1) is 11.3 Å². The second kappa shape index (κ2) is 10.0. The maximum atomic E-state index is 6.34. The van der Waals surface area contributed by atoms with E-state index in [0.29, 0.717) is 5.58 Å². The first-order valence-electron chi connectivity index (χ1n) is 14.6. The van der Waals surface area contributed by atoms with Gasteiger partial charge in [0.2, 0.25) is 0 Å². The standard InChI is InChI=1S/C40H24N2OS/c1-2-8-25(9-3-1)29-20-21-35-34(23-29)38-39(43-35)37(41-24-42-38)27-18-16-26(17-19-27)28-10-6-11-30(22-28)31-13-7-14-33-32-12-4-5-15-36(32)44-40(31)33/h1-24H. The Hall–Kier alpha value is -5.58. The van der Waals surface area contributed by atoms with Gasteiger partial charge in [-0.05, 0) is 57.6 Å². The third-order valence-electron chi connectivity index (χ3n) is 8.43. The number of thiophene rings is 1. The van der Waals surface area contributed by atoms with Gasteiger partial charge in [0.25, 0.3) is 0 Å². The van der Waals surface area contributed by atoms with Crippen molar-refractivity contribution in [3.8, 4) is 44.6 Å².